The van der Waals surface area contributed by atoms with Crippen LogP contribution in [0.4, 0.5) is 4.79 Å². The Labute approximate surface area is 82.7 Å². The van der Waals surface area contributed by atoms with Gasteiger partial charge < -0.3 is 24.1 Å². The van der Waals surface area contributed by atoms with Crippen LogP contribution in [0, 0.1) is 0 Å². The van der Waals surface area contributed by atoms with Crippen molar-refractivity contribution in [3.8, 4) is 0 Å². The maximum absolute atomic E-state index is 9.93. The Morgan fingerprint density at radius 1 is 1.21 bits per heavy atom. The topological polar surface area (TPSA) is 74.2 Å². The molecule has 1 atom stereocenters. The van der Waals surface area contributed by atoms with Crippen LogP contribution in [0.25, 0.3) is 0 Å². The van der Waals surface area contributed by atoms with E-state index in [9.17, 15) is 4.79 Å². The summed E-state index contributed by atoms with van der Waals surface area (Å²) in [6.07, 6.45) is -1.69. The van der Waals surface area contributed by atoms with Gasteiger partial charge in [0.2, 0.25) is 0 Å². The molecule has 0 radical (unpaired) electrons. The summed E-state index contributed by atoms with van der Waals surface area (Å²) in [4.78, 5) is 9.93. The van der Waals surface area contributed by atoms with Crippen molar-refractivity contribution in [2.75, 3.05) is 33.5 Å². The number of methoxy groups -OCH3 is 1. The van der Waals surface area contributed by atoms with Gasteiger partial charge in [0.05, 0.1) is 19.8 Å². The molecule has 0 aromatic rings. The Kier molecular flexibility index (Phi) is 8.20. The monoisotopic (exact) mass is 208 g/mol. The molecule has 14 heavy (non-hydrogen) atoms. The molecule has 1 unspecified atom stereocenters. The molecule has 1 N–H and O–H groups in total. The second-order valence-corrected chi connectivity index (χ2v) is 2.42. The fourth-order valence-electron chi connectivity index (χ4n) is 0.689. The summed E-state index contributed by atoms with van der Waals surface area (Å²) < 4.78 is 19.2. The summed E-state index contributed by atoms with van der Waals surface area (Å²) in [6.45, 7) is 2.85. The van der Waals surface area contributed by atoms with Gasteiger partial charge in [0.1, 0.15) is 6.61 Å². The van der Waals surface area contributed by atoms with Gasteiger partial charge in [0.25, 0.3) is 0 Å². The van der Waals surface area contributed by atoms with Gasteiger partial charge in [-0.25, -0.2) is 4.79 Å². The summed E-state index contributed by atoms with van der Waals surface area (Å²) in [5.74, 6) is 0. The van der Waals surface area contributed by atoms with Crippen LogP contribution in [0.5, 0.6) is 0 Å². The van der Waals surface area contributed by atoms with Crippen LogP contribution >= 0.6 is 0 Å². The maximum atomic E-state index is 9.93. The molecular weight excluding hydrogens is 192 g/mol. The van der Waals surface area contributed by atoms with Gasteiger partial charge in [-0.15, -0.1) is 0 Å². The first kappa shape index (κ1) is 13.2. The summed E-state index contributed by atoms with van der Waals surface area (Å²) in [6, 6.07) is 0. The van der Waals surface area contributed by atoms with Crippen molar-refractivity contribution in [1.29, 1.82) is 0 Å². The lowest BCUT2D eigenvalue weighted by Crippen LogP contribution is -2.19. The van der Waals surface area contributed by atoms with Crippen LogP contribution in [0.1, 0.15) is 6.92 Å². The number of hydrogen-bond acceptors (Lipinski definition) is 5. The first-order valence-electron chi connectivity index (χ1n) is 4.24. The van der Waals surface area contributed by atoms with Crippen molar-refractivity contribution < 1.29 is 28.8 Å². The minimum Gasteiger partial charge on any atom is -0.450 e. The lowest BCUT2D eigenvalue weighted by atomic mass is 10.7. The second-order valence-electron chi connectivity index (χ2n) is 2.42. The predicted molar refractivity (Wildman–Crippen MR) is 47.2 cm³/mol. The molecule has 0 aliphatic carbocycles. The van der Waals surface area contributed by atoms with Gasteiger partial charge in [0, 0.05) is 7.11 Å². The Bertz CT molecular complexity index is 149. The molecule has 0 aromatic heterocycles. The largest absolute Gasteiger partial charge is 0.505 e. The zero-order chi connectivity index (χ0) is 10.8. The molecular formula is C8H16O6. The first-order chi connectivity index (χ1) is 6.66. The minimum absolute atomic E-state index is 0.00725. The molecule has 0 saturated carbocycles. The number of carboxylic acid groups (broad SMARTS) is 1. The highest BCUT2D eigenvalue weighted by Crippen LogP contribution is 1.93. The summed E-state index contributed by atoms with van der Waals surface area (Å²) in [5.41, 5.74) is 0. The Hall–Kier alpha value is -0.850. The van der Waals surface area contributed by atoms with Crippen LogP contribution in [0.3, 0.4) is 0 Å². The highest BCUT2D eigenvalue weighted by Gasteiger charge is 2.02. The van der Waals surface area contributed by atoms with E-state index in [0.717, 1.165) is 0 Å². The molecule has 0 fully saturated rings. The van der Waals surface area contributed by atoms with Gasteiger partial charge in [-0.2, -0.15) is 0 Å². The third-order valence-electron chi connectivity index (χ3n) is 1.30. The molecule has 0 bridgehead atoms. The van der Waals surface area contributed by atoms with Crippen LogP contribution in [-0.2, 0) is 18.9 Å². The van der Waals surface area contributed by atoms with Crippen LogP contribution in [0.2, 0.25) is 0 Å². The van der Waals surface area contributed by atoms with E-state index >= 15 is 0 Å². The fourth-order valence-corrected chi connectivity index (χ4v) is 0.689. The maximum Gasteiger partial charge on any atom is 0.505 e. The van der Waals surface area contributed by atoms with E-state index in [0.29, 0.717) is 13.2 Å². The molecule has 0 spiro atoms. The zero-order valence-electron chi connectivity index (χ0n) is 8.39. The van der Waals surface area contributed by atoms with Crippen molar-refractivity contribution in [1.82, 2.24) is 0 Å². The number of hydrogen-bond donors (Lipinski definition) is 1. The van der Waals surface area contributed by atoms with E-state index in [1.807, 2.05) is 0 Å². The van der Waals surface area contributed by atoms with E-state index in [4.69, 9.17) is 19.3 Å². The van der Waals surface area contributed by atoms with Crippen molar-refractivity contribution in [3.05, 3.63) is 0 Å². The Morgan fingerprint density at radius 3 is 2.29 bits per heavy atom. The highest BCUT2D eigenvalue weighted by molar-refractivity contribution is 5.56. The molecule has 6 nitrogen and oxygen atoms in total. The molecule has 0 saturated heterocycles. The summed E-state index contributed by atoms with van der Waals surface area (Å²) >= 11 is 0. The van der Waals surface area contributed by atoms with Crippen molar-refractivity contribution in [2.45, 2.75) is 13.2 Å². The van der Waals surface area contributed by atoms with E-state index in [1.165, 1.54) is 0 Å². The third kappa shape index (κ3) is 9.24. The molecule has 0 rings (SSSR count). The average Bonchev–Trinajstić information content (AvgIpc) is 2.13. The van der Waals surface area contributed by atoms with Gasteiger partial charge in [0.15, 0.2) is 6.29 Å². The molecule has 6 heteroatoms. The van der Waals surface area contributed by atoms with Gasteiger partial charge in [-0.1, -0.05) is 0 Å². The van der Waals surface area contributed by atoms with E-state index in [1.54, 1.807) is 14.0 Å². The molecule has 84 valence electrons. The SMILES string of the molecule is COCCOC(C)OCCOC(=O)O. The molecule has 0 aliphatic heterocycles. The van der Waals surface area contributed by atoms with Crippen molar-refractivity contribution in [3.63, 3.8) is 0 Å². The zero-order valence-corrected chi connectivity index (χ0v) is 8.39. The van der Waals surface area contributed by atoms with Gasteiger partial charge in [-0.05, 0) is 6.92 Å². The average molecular weight is 208 g/mol. The molecule has 0 aliphatic rings. The van der Waals surface area contributed by atoms with Gasteiger partial charge >= 0.3 is 6.16 Å². The number of ether oxygens (including phenoxy) is 4. The van der Waals surface area contributed by atoms with E-state index in [-0.39, 0.29) is 19.5 Å². The molecule has 0 aromatic carbocycles. The lowest BCUT2D eigenvalue weighted by molar-refractivity contribution is -0.143. The number of rotatable bonds is 8. The lowest BCUT2D eigenvalue weighted by Gasteiger charge is -2.13. The number of carbonyl (C=O) groups is 1. The van der Waals surface area contributed by atoms with Crippen LogP contribution in [-0.4, -0.2) is 51.1 Å². The van der Waals surface area contributed by atoms with Gasteiger partial charge in [-0.3, -0.25) is 0 Å². The van der Waals surface area contributed by atoms with Crippen molar-refractivity contribution in [2.24, 2.45) is 0 Å². The highest BCUT2D eigenvalue weighted by atomic mass is 16.7. The third-order valence-corrected chi connectivity index (χ3v) is 1.30. The minimum atomic E-state index is -1.30. The normalized spacial score (nSPS) is 12.4. The smallest absolute Gasteiger partial charge is 0.450 e. The summed E-state index contributed by atoms with van der Waals surface area (Å²) in [5, 5.41) is 8.13. The Morgan fingerprint density at radius 2 is 1.79 bits per heavy atom. The molecule has 0 heterocycles. The summed E-state index contributed by atoms with van der Waals surface area (Å²) in [7, 11) is 1.58. The Balaban J connectivity index is 3.18. The van der Waals surface area contributed by atoms with Crippen LogP contribution in [0.15, 0.2) is 0 Å². The molecule has 0 amide bonds. The predicted octanol–water partition coefficient (Wildman–Crippen LogP) is 0.707. The second kappa shape index (κ2) is 8.74. The quantitative estimate of drug-likeness (QED) is 0.359. The van der Waals surface area contributed by atoms with E-state index in [2.05, 4.69) is 4.74 Å². The van der Waals surface area contributed by atoms with Crippen LogP contribution < -0.4 is 0 Å². The van der Waals surface area contributed by atoms with E-state index < -0.39 is 6.16 Å². The first-order valence-corrected chi connectivity index (χ1v) is 4.24. The standard InChI is InChI=1S/C8H16O6/c1-7(12-4-3-11-2)13-5-6-14-8(9)10/h7H,3-6H2,1-2H3,(H,9,10). The fraction of sp³-hybridized carbons (Fsp3) is 0.875. The van der Waals surface area contributed by atoms with Crippen molar-refractivity contribution >= 4 is 6.16 Å².